The van der Waals surface area contributed by atoms with Gasteiger partial charge in [0, 0.05) is 33.8 Å². The molecule has 29 heavy (non-hydrogen) atoms. The fourth-order valence-corrected chi connectivity index (χ4v) is 2.83. The third-order valence-corrected chi connectivity index (χ3v) is 4.17. The van der Waals surface area contributed by atoms with Crippen molar-refractivity contribution in [1.29, 1.82) is 0 Å². The highest BCUT2D eigenvalue weighted by atomic mass is 127. The zero-order valence-electron chi connectivity index (χ0n) is 17.4. The number of rotatable bonds is 10. The quantitative estimate of drug-likeness (QED) is 0.223. The number of benzene rings is 2. The normalized spacial score (nSPS) is 11.1. The third kappa shape index (κ3) is 9.56. The topological polar surface area (TPSA) is 46.1 Å². The van der Waals surface area contributed by atoms with Gasteiger partial charge in [-0.05, 0) is 35.7 Å². The van der Waals surface area contributed by atoms with Gasteiger partial charge in [-0.15, -0.1) is 24.0 Å². The van der Waals surface area contributed by atoms with Gasteiger partial charge in [0.05, 0.1) is 19.8 Å². The summed E-state index contributed by atoms with van der Waals surface area (Å²) in [5.74, 6) is 0.525. The second kappa shape index (κ2) is 14.3. The number of halogens is 2. The number of nitrogens with zero attached hydrogens (tertiary/aromatic N) is 2. The Labute approximate surface area is 190 Å². The van der Waals surface area contributed by atoms with Crippen LogP contribution >= 0.6 is 24.0 Å². The molecule has 0 aliphatic rings. The Kier molecular flexibility index (Phi) is 12.5. The van der Waals surface area contributed by atoms with E-state index in [0.717, 1.165) is 22.6 Å². The smallest absolute Gasteiger partial charge is 0.193 e. The molecule has 0 radical (unpaired) electrons. The van der Waals surface area contributed by atoms with E-state index in [2.05, 4.69) is 28.5 Å². The van der Waals surface area contributed by atoms with Gasteiger partial charge in [0.2, 0.25) is 0 Å². The summed E-state index contributed by atoms with van der Waals surface area (Å²) in [5, 5.41) is 3.35. The lowest BCUT2D eigenvalue weighted by atomic mass is 10.1. The molecule has 0 atom stereocenters. The maximum Gasteiger partial charge on any atom is 0.193 e. The molecule has 0 unspecified atom stereocenters. The van der Waals surface area contributed by atoms with Crippen molar-refractivity contribution >= 4 is 29.9 Å². The fourth-order valence-electron chi connectivity index (χ4n) is 2.83. The van der Waals surface area contributed by atoms with E-state index in [1.165, 1.54) is 6.07 Å². The van der Waals surface area contributed by atoms with Crippen LogP contribution in [0.4, 0.5) is 4.39 Å². The van der Waals surface area contributed by atoms with E-state index >= 15 is 0 Å². The summed E-state index contributed by atoms with van der Waals surface area (Å²) in [6, 6.07) is 14.9. The number of ether oxygens (including phenoxy) is 2. The monoisotopic (exact) mass is 515 g/mol. The molecule has 0 fully saturated rings. The predicted molar refractivity (Wildman–Crippen MR) is 126 cm³/mol. The zero-order chi connectivity index (χ0) is 20.2. The molecule has 0 aliphatic heterocycles. The molecule has 0 amide bonds. The van der Waals surface area contributed by atoms with Crippen molar-refractivity contribution in [3.63, 3.8) is 0 Å². The molecule has 160 valence electrons. The van der Waals surface area contributed by atoms with Crippen LogP contribution in [0.3, 0.4) is 0 Å². The number of nitrogens with one attached hydrogen (secondary N) is 1. The minimum absolute atomic E-state index is 0. The first-order chi connectivity index (χ1) is 13.6. The Hall–Kier alpha value is -1.71. The van der Waals surface area contributed by atoms with E-state index in [1.54, 1.807) is 19.2 Å². The van der Waals surface area contributed by atoms with Crippen LogP contribution in [0.15, 0.2) is 53.5 Å². The number of hydrogen-bond donors (Lipinski definition) is 1. The van der Waals surface area contributed by atoms with Gasteiger partial charge >= 0.3 is 0 Å². The van der Waals surface area contributed by atoms with Gasteiger partial charge in [-0.1, -0.05) is 36.4 Å². The Morgan fingerprint density at radius 1 is 1.03 bits per heavy atom. The van der Waals surface area contributed by atoms with Crippen LogP contribution in [-0.4, -0.2) is 44.8 Å². The first kappa shape index (κ1) is 25.3. The molecule has 2 aromatic carbocycles. The van der Waals surface area contributed by atoms with E-state index in [-0.39, 0.29) is 29.8 Å². The van der Waals surface area contributed by atoms with Crippen LogP contribution in [0.25, 0.3) is 0 Å². The SMILES string of the molecule is CCOCCOCc1cccc(CNC(=NC)N(C)Cc2cccc(F)c2)c1.I. The molecule has 0 saturated carbocycles. The molecular formula is C22H31FIN3O2. The van der Waals surface area contributed by atoms with Crippen LogP contribution in [0, 0.1) is 5.82 Å². The van der Waals surface area contributed by atoms with Crippen LogP contribution in [0.5, 0.6) is 0 Å². The molecular weight excluding hydrogens is 484 g/mol. The molecule has 1 N–H and O–H groups in total. The van der Waals surface area contributed by atoms with Crippen molar-refractivity contribution in [2.75, 3.05) is 33.9 Å². The molecule has 0 aromatic heterocycles. The van der Waals surface area contributed by atoms with Gasteiger partial charge in [0.25, 0.3) is 0 Å². The fraction of sp³-hybridized carbons (Fsp3) is 0.409. The largest absolute Gasteiger partial charge is 0.379 e. The van der Waals surface area contributed by atoms with Gasteiger partial charge in [-0.2, -0.15) is 0 Å². The number of hydrogen-bond acceptors (Lipinski definition) is 3. The van der Waals surface area contributed by atoms with Gasteiger partial charge < -0.3 is 19.7 Å². The van der Waals surface area contributed by atoms with Crippen molar-refractivity contribution in [2.45, 2.75) is 26.6 Å². The van der Waals surface area contributed by atoms with Gasteiger partial charge in [0.15, 0.2) is 5.96 Å². The van der Waals surface area contributed by atoms with Crippen LogP contribution in [-0.2, 0) is 29.2 Å². The van der Waals surface area contributed by atoms with Crippen LogP contribution in [0.1, 0.15) is 23.6 Å². The van der Waals surface area contributed by atoms with E-state index in [4.69, 9.17) is 9.47 Å². The lowest BCUT2D eigenvalue weighted by Crippen LogP contribution is -2.38. The van der Waals surface area contributed by atoms with Gasteiger partial charge in [-0.3, -0.25) is 4.99 Å². The summed E-state index contributed by atoms with van der Waals surface area (Å²) in [5.41, 5.74) is 3.17. The van der Waals surface area contributed by atoms with Gasteiger partial charge in [-0.25, -0.2) is 4.39 Å². The number of aliphatic imine (C=N–C) groups is 1. The van der Waals surface area contributed by atoms with E-state index in [9.17, 15) is 4.39 Å². The first-order valence-corrected chi connectivity index (χ1v) is 9.52. The Morgan fingerprint density at radius 3 is 2.45 bits per heavy atom. The van der Waals surface area contributed by atoms with Crippen molar-refractivity contribution in [2.24, 2.45) is 4.99 Å². The molecule has 0 saturated heterocycles. The summed E-state index contributed by atoms with van der Waals surface area (Å²) in [6.45, 7) is 5.67. The maximum atomic E-state index is 13.4. The molecule has 2 rings (SSSR count). The van der Waals surface area contributed by atoms with E-state index < -0.39 is 0 Å². The highest BCUT2D eigenvalue weighted by molar-refractivity contribution is 14.0. The second-order valence-electron chi connectivity index (χ2n) is 6.46. The molecule has 7 heteroatoms. The average Bonchev–Trinajstić information content (AvgIpc) is 2.69. The molecule has 0 aliphatic carbocycles. The lowest BCUT2D eigenvalue weighted by Gasteiger charge is -2.22. The highest BCUT2D eigenvalue weighted by Crippen LogP contribution is 2.09. The second-order valence-corrected chi connectivity index (χ2v) is 6.46. The minimum Gasteiger partial charge on any atom is -0.379 e. The predicted octanol–water partition coefficient (Wildman–Crippen LogP) is 4.20. The van der Waals surface area contributed by atoms with Gasteiger partial charge in [0.1, 0.15) is 5.82 Å². The Morgan fingerprint density at radius 2 is 1.72 bits per heavy atom. The van der Waals surface area contributed by atoms with Crippen LogP contribution < -0.4 is 5.32 Å². The standard InChI is InChI=1S/C22H30FN3O2.HI/c1-4-27-11-12-28-17-20-9-5-7-18(13-20)15-25-22(24-2)26(3)16-19-8-6-10-21(23)14-19;/h5-10,13-14H,4,11-12,15-17H2,1-3H3,(H,24,25);1H. The molecule has 0 bridgehead atoms. The summed E-state index contributed by atoms with van der Waals surface area (Å²) in [6.07, 6.45) is 0. The third-order valence-electron chi connectivity index (χ3n) is 4.17. The lowest BCUT2D eigenvalue weighted by molar-refractivity contribution is 0.0453. The summed E-state index contributed by atoms with van der Waals surface area (Å²) in [7, 11) is 3.68. The molecule has 5 nitrogen and oxygen atoms in total. The van der Waals surface area contributed by atoms with Crippen LogP contribution in [0.2, 0.25) is 0 Å². The van der Waals surface area contributed by atoms with Crippen molar-refractivity contribution in [3.8, 4) is 0 Å². The average molecular weight is 515 g/mol. The summed E-state index contributed by atoms with van der Waals surface area (Å²) >= 11 is 0. The summed E-state index contributed by atoms with van der Waals surface area (Å²) in [4.78, 5) is 6.29. The molecule has 0 spiro atoms. The first-order valence-electron chi connectivity index (χ1n) is 9.52. The highest BCUT2D eigenvalue weighted by Gasteiger charge is 2.07. The molecule has 0 heterocycles. The maximum absolute atomic E-state index is 13.4. The summed E-state index contributed by atoms with van der Waals surface area (Å²) < 4.78 is 24.3. The van der Waals surface area contributed by atoms with E-state index in [0.29, 0.717) is 39.5 Å². The minimum atomic E-state index is -0.228. The molecule has 2 aromatic rings. The van der Waals surface area contributed by atoms with E-state index in [1.807, 2.05) is 31.0 Å². The Bertz CT molecular complexity index is 758. The number of guanidine groups is 1. The Balaban J connectivity index is 0.00000420. The van der Waals surface area contributed by atoms with Crippen molar-refractivity contribution in [3.05, 3.63) is 71.0 Å². The van der Waals surface area contributed by atoms with Crippen molar-refractivity contribution < 1.29 is 13.9 Å². The van der Waals surface area contributed by atoms with Crippen molar-refractivity contribution in [1.82, 2.24) is 10.2 Å². The zero-order valence-corrected chi connectivity index (χ0v) is 19.7.